The van der Waals surface area contributed by atoms with Crippen LogP contribution in [0.15, 0.2) is 12.4 Å². The molecule has 1 aromatic heterocycles. The second-order valence-corrected chi connectivity index (χ2v) is 7.58. The number of carbonyl (C=O) groups is 1. The number of imidazole rings is 1. The maximum Gasteiger partial charge on any atom is 0.229 e. The molecule has 25 heavy (non-hydrogen) atoms. The molecule has 0 aromatic carbocycles. The van der Waals surface area contributed by atoms with Gasteiger partial charge in [0.2, 0.25) is 5.91 Å². The number of amides is 1. The molecule has 0 radical (unpaired) electrons. The zero-order chi connectivity index (χ0) is 17.9. The second kappa shape index (κ2) is 7.90. The van der Waals surface area contributed by atoms with E-state index in [0.717, 1.165) is 63.9 Å². The summed E-state index contributed by atoms with van der Waals surface area (Å²) in [5.74, 6) is 1.13. The van der Waals surface area contributed by atoms with E-state index in [9.17, 15) is 4.79 Å². The molecule has 2 aliphatic rings. The summed E-state index contributed by atoms with van der Waals surface area (Å²) in [7, 11) is 0. The van der Waals surface area contributed by atoms with Gasteiger partial charge in [0, 0.05) is 37.6 Å². The Bertz CT molecular complexity index is 577. The second-order valence-electron chi connectivity index (χ2n) is 7.58. The van der Waals surface area contributed by atoms with Crippen LogP contribution in [0, 0.1) is 5.92 Å². The van der Waals surface area contributed by atoms with Crippen LogP contribution in [0.5, 0.6) is 0 Å². The molecule has 5 heteroatoms. The molecular formula is C20H33N3O2. The predicted octanol–water partition coefficient (Wildman–Crippen LogP) is 3.94. The van der Waals surface area contributed by atoms with E-state index >= 15 is 0 Å². The molecule has 2 aliphatic heterocycles. The lowest BCUT2D eigenvalue weighted by molar-refractivity contribution is -0.142. The molecule has 1 aromatic rings. The average molecular weight is 348 g/mol. The van der Waals surface area contributed by atoms with Gasteiger partial charge in [-0.25, -0.2) is 4.98 Å². The molecule has 0 unspecified atom stereocenters. The molecule has 1 amide bonds. The number of hydrogen-bond acceptors (Lipinski definition) is 3. The van der Waals surface area contributed by atoms with Crippen molar-refractivity contribution in [2.75, 3.05) is 13.2 Å². The minimum atomic E-state index is -0.191. The summed E-state index contributed by atoms with van der Waals surface area (Å²) in [5.41, 5.74) is 0.0773. The number of likely N-dealkylation sites (tertiary alicyclic amines) is 1. The predicted molar refractivity (Wildman–Crippen MR) is 98.2 cm³/mol. The van der Waals surface area contributed by atoms with Crippen molar-refractivity contribution in [1.29, 1.82) is 0 Å². The van der Waals surface area contributed by atoms with Gasteiger partial charge in [-0.05, 0) is 39.0 Å². The average Bonchev–Trinajstić information content (AvgIpc) is 3.33. The van der Waals surface area contributed by atoms with Crippen LogP contribution < -0.4 is 0 Å². The Morgan fingerprint density at radius 2 is 2.08 bits per heavy atom. The number of nitrogens with zero attached hydrogens (tertiary/aromatic N) is 3. The highest BCUT2D eigenvalue weighted by atomic mass is 16.5. The van der Waals surface area contributed by atoms with Crippen molar-refractivity contribution in [3.63, 3.8) is 0 Å². The third kappa shape index (κ3) is 3.35. The number of aryl methyl sites for hydroxylation is 1. The molecule has 3 heterocycles. The SMILES string of the molecule is CCCC1(CCC)CCCN1C(=O)[C@@H]1CCO[C@H]1c1nccn1CC. The standard InChI is InChI=1S/C20H33N3O2/c1-4-9-20(10-5-2)11-7-13-23(20)19(24)16-8-15-25-17(16)18-21-12-14-22(18)6-3/h12,14,16-17H,4-11,13,15H2,1-3H3/t16-,17-/m1/s1. The minimum absolute atomic E-state index is 0.0773. The van der Waals surface area contributed by atoms with Gasteiger partial charge in [-0.15, -0.1) is 0 Å². The van der Waals surface area contributed by atoms with Crippen molar-refractivity contribution in [1.82, 2.24) is 14.5 Å². The maximum atomic E-state index is 13.5. The first-order valence-corrected chi connectivity index (χ1v) is 10.1. The molecule has 0 spiro atoms. The summed E-state index contributed by atoms with van der Waals surface area (Å²) in [4.78, 5) is 20.3. The molecule has 140 valence electrons. The molecule has 0 saturated carbocycles. The molecule has 2 fully saturated rings. The van der Waals surface area contributed by atoms with Gasteiger partial charge in [-0.2, -0.15) is 0 Å². The smallest absolute Gasteiger partial charge is 0.229 e. The summed E-state index contributed by atoms with van der Waals surface area (Å²) < 4.78 is 8.09. The van der Waals surface area contributed by atoms with Gasteiger partial charge in [-0.1, -0.05) is 26.7 Å². The van der Waals surface area contributed by atoms with Crippen molar-refractivity contribution in [2.24, 2.45) is 5.92 Å². The summed E-state index contributed by atoms with van der Waals surface area (Å²) in [6.45, 7) is 8.99. The van der Waals surface area contributed by atoms with Crippen LogP contribution in [0.25, 0.3) is 0 Å². The Kier molecular flexibility index (Phi) is 5.82. The largest absolute Gasteiger partial charge is 0.369 e. The zero-order valence-electron chi connectivity index (χ0n) is 16.0. The Labute approximate surface area is 151 Å². The lowest BCUT2D eigenvalue weighted by atomic mass is 9.85. The fourth-order valence-electron chi connectivity index (χ4n) is 5.00. The monoisotopic (exact) mass is 347 g/mol. The lowest BCUT2D eigenvalue weighted by Gasteiger charge is -2.40. The van der Waals surface area contributed by atoms with E-state index in [1.165, 1.54) is 0 Å². The summed E-state index contributed by atoms with van der Waals surface area (Å²) in [5, 5.41) is 0. The molecule has 0 N–H and O–H groups in total. The van der Waals surface area contributed by atoms with Gasteiger partial charge >= 0.3 is 0 Å². The molecule has 5 nitrogen and oxygen atoms in total. The van der Waals surface area contributed by atoms with E-state index in [1.54, 1.807) is 0 Å². The van der Waals surface area contributed by atoms with E-state index < -0.39 is 0 Å². The number of aromatic nitrogens is 2. The molecular weight excluding hydrogens is 314 g/mol. The molecule has 0 bridgehead atoms. The van der Waals surface area contributed by atoms with Crippen LogP contribution in [0.1, 0.15) is 77.6 Å². The summed E-state index contributed by atoms with van der Waals surface area (Å²) >= 11 is 0. The number of ether oxygens (including phenoxy) is 1. The van der Waals surface area contributed by atoms with Gasteiger partial charge in [0.1, 0.15) is 11.9 Å². The summed E-state index contributed by atoms with van der Waals surface area (Å²) in [6.07, 6.45) is 11.2. The number of hydrogen-bond donors (Lipinski definition) is 0. The minimum Gasteiger partial charge on any atom is -0.369 e. The molecule has 2 saturated heterocycles. The van der Waals surface area contributed by atoms with Crippen molar-refractivity contribution in [3.8, 4) is 0 Å². The highest BCUT2D eigenvalue weighted by Crippen LogP contribution is 2.42. The van der Waals surface area contributed by atoms with Crippen molar-refractivity contribution >= 4 is 5.91 Å². The Hall–Kier alpha value is -1.36. The van der Waals surface area contributed by atoms with Gasteiger partial charge < -0.3 is 14.2 Å². The van der Waals surface area contributed by atoms with E-state index in [-0.39, 0.29) is 17.6 Å². The Balaban J connectivity index is 1.83. The van der Waals surface area contributed by atoms with Crippen LogP contribution in [0.3, 0.4) is 0 Å². The molecule has 2 atom stereocenters. The fourth-order valence-corrected chi connectivity index (χ4v) is 5.00. The summed E-state index contributed by atoms with van der Waals surface area (Å²) in [6, 6.07) is 0. The van der Waals surface area contributed by atoms with Crippen molar-refractivity contribution in [3.05, 3.63) is 18.2 Å². The van der Waals surface area contributed by atoms with E-state index in [1.807, 2.05) is 12.4 Å². The Morgan fingerprint density at radius 1 is 1.32 bits per heavy atom. The first-order valence-electron chi connectivity index (χ1n) is 10.1. The van der Waals surface area contributed by atoms with Crippen molar-refractivity contribution < 1.29 is 9.53 Å². The van der Waals surface area contributed by atoms with Crippen LogP contribution in [0.4, 0.5) is 0 Å². The number of carbonyl (C=O) groups excluding carboxylic acids is 1. The number of rotatable bonds is 7. The van der Waals surface area contributed by atoms with Crippen LogP contribution in [-0.2, 0) is 16.1 Å². The highest BCUT2D eigenvalue weighted by molar-refractivity contribution is 5.81. The maximum absolute atomic E-state index is 13.5. The van der Waals surface area contributed by atoms with Gasteiger partial charge in [0.15, 0.2) is 0 Å². The van der Waals surface area contributed by atoms with E-state index in [0.29, 0.717) is 12.5 Å². The van der Waals surface area contributed by atoms with Gasteiger partial charge in [0.25, 0.3) is 0 Å². The topological polar surface area (TPSA) is 47.4 Å². The first-order chi connectivity index (χ1) is 12.2. The van der Waals surface area contributed by atoms with Crippen LogP contribution in [0.2, 0.25) is 0 Å². The van der Waals surface area contributed by atoms with E-state index in [4.69, 9.17) is 4.74 Å². The quantitative estimate of drug-likeness (QED) is 0.750. The van der Waals surface area contributed by atoms with Crippen LogP contribution >= 0.6 is 0 Å². The highest BCUT2D eigenvalue weighted by Gasteiger charge is 2.47. The van der Waals surface area contributed by atoms with Crippen molar-refractivity contribution in [2.45, 2.75) is 83.9 Å². The third-order valence-electron chi connectivity index (χ3n) is 6.04. The van der Waals surface area contributed by atoms with Gasteiger partial charge in [0.05, 0.1) is 5.92 Å². The van der Waals surface area contributed by atoms with Gasteiger partial charge in [-0.3, -0.25) is 4.79 Å². The first kappa shape index (κ1) is 18.4. The molecule has 3 rings (SSSR count). The Morgan fingerprint density at radius 3 is 2.76 bits per heavy atom. The van der Waals surface area contributed by atoms with E-state index in [2.05, 4.69) is 35.2 Å². The fraction of sp³-hybridized carbons (Fsp3) is 0.800. The molecule has 0 aliphatic carbocycles. The van der Waals surface area contributed by atoms with Crippen LogP contribution in [-0.4, -0.2) is 39.0 Å². The normalized spacial score (nSPS) is 25.6. The zero-order valence-corrected chi connectivity index (χ0v) is 16.0. The lowest BCUT2D eigenvalue weighted by Crippen LogP contribution is -2.50. The third-order valence-corrected chi connectivity index (χ3v) is 6.04.